The minimum Gasteiger partial charge on any atom is -0.359 e. The fourth-order valence-electron chi connectivity index (χ4n) is 1.63. The molecule has 1 aliphatic heterocycles. The molecule has 1 aromatic carbocycles. The summed E-state index contributed by atoms with van der Waals surface area (Å²) in [5, 5.41) is 0. The molecule has 1 fully saturated rings. The zero-order valence-corrected chi connectivity index (χ0v) is 13.0. The second-order valence-electron chi connectivity index (χ2n) is 4.34. The van der Waals surface area contributed by atoms with Crippen LogP contribution in [0.25, 0.3) is 0 Å². The molecule has 16 heavy (non-hydrogen) atoms. The third-order valence-corrected chi connectivity index (χ3v) is 2.77. The summed E-state index contributed by atoms with van der Waals surface area (Å²) in [5.41, 5.74) is 3.49. The monoisotopic (exact) mass is 294 g/mol. The van der Waals surface area contributed by atoms with Crippen molar-refractivity contribution in [2.75, 3.05) is 13.2 Å². The van der Waals surface area contributed by atoms with Crippen LogP contribution in [0.5, 0.6) is 0 Å². The maximum absolute atomic E-state index is 5.63. The summed E-state index contributed by atoms with van der Waals surface area (Å²) in [7, 11) is 0. The molecule has 0 atom stereocenters. The summed E-state index contributed by atoms with van der Waals surface area (Å²) in [6.45, 7) is 7.82. The molecule has 0 unspecified atom stereocenters. The van der Waals surface area contributed by atoms with Crippen LogP contribution in [0, 0.1) is 25.8 Å². The first kappa shape index (κ1) is 14.3. The van der Waals surface area contributed by atoms with Gasteiger partial charge in [-0.1, -0.05) is 20.8 Å². The number of hydrogen-bond donors (Lipinski definition) is 0. The van der Waals surface area contributed by atoms with Crippen LogP contribution in [0.3, 0.4) is 0 Å². The Morgan fingerprint density at radius 1 is 1.25 bits per heavy atom. The predicted molar refractivity (Wildman–Crippen MR) is 58.6 cm³/mol. The fraction of sp³-hybridized carbons (Fsp3) is 0.538. The van der Waals surface area contributed by atoms with E-state index in [0.29, 0.717) is 5.92 Å². The molecule has 0 amide bonds. The van der Waals surface area contributed by atoms with Crippen molar-refractivity contribution >= 4 is 0 Å². The second-order valence-corrected chi connectivity index (χ2v) is 4.34. The predicted octanol–water partition coefficient (Wildman–Crippen LogP) is 2.78. The fourth-order valence-corrected chi connectivity index (χ4v) is 1.63. The average molecular weight is 294 g/mol. The smallest absolute Gasteiger partial charge is 0.138 e. The third kappa shape index (κ3) is 3.37. The van der Waals surface area contributed by atoms with Crippen molar-refractivity contribution < 1.29 is 42.2 Å². The van der Waals surface area contributed by atoms with Crippen LogP contribution < -0.4 is 0 Å². The standard InChI is InChI=1S/C13H17O2.Y/c1-9-7-14-13(15-8-9)12-5-4-10(2)11(3)6-12;/h5-6,9,13H,7-8H2,1-3H3;/q-1;. The van der Waals surface area contributed by atoms with Gasteiger partial charge in [-0.25, -0.2) is 0 Å². The minimum absolute atomic E-state index is 0. The van der Waals surface area contributed by atoms with E-state index in [2.05, 4.69) is 32.9 Å². The van der Waals surface area contributed by atoms with Crippen LogP contribution in [0.15, 0.2) is 12.1 Å². The molecule has 0 saturated carbocycles. The number of benzene rings is 1. The van der Waals surface area contributed by atoms with Crippen molar-refractivity contribution in [3.05, 3.63) is 34.9 Å². The summed E-state index contributed by atoms with van der Waals surface area (Å²) >= 11 is 0. The van der Waals surface area contributed by atoms with Gasteiger partial charge in [0.25, 0.3) is 0 Å². The molecule has 1 aromatic rings. The molecule has 0 aromatic heterocycles. The van der Waals surface area contributed by atoms with Gasteiger partial charge in [-0.2, -0.15) is 29.3 Å². The van der Waals surface area contributed by atoms with E-state index in [4.69, 9.17) is 9.47 Å². The van der Waals surface area contributed by atoms with E-state index in [1.165, 1.54) is 11.1 Å². The molecular weight excluding hydrogens is 277 g/mol. The van der Waals surface area contributed by atoms with E-state index in [1.54, 1.807) is 0 Å². The topological polar surface area (TPSA) is 18.5 Å². The van der Waals surface area contributed by atoms with E-state index in [0.717, 1.165) is 18.8 Å². The summed E-state index contributed by atoms with van der Waals surface area (Å²) in [5.74, 6) is 0.497. The molecule has 3 heteroatoms. The van der Waals surface area contributed by atoms with E-state index in [1.807, 2.05) is 6.07 Å². The van der Waals surface area contributed by atoms with Crippen molar-refractivity contribution in [1.82, 2.24) is 0 Å². The summed E-state index contributed by atoms with van der Waals surface area (Å²) in [6.07, 6.45) is -0.197. The van der Waals surface area contributed by atoms with E-state index >= 15 is 0 Å². The number of ether oxygens (including phenoxy) is 2. The Morgan fingerprint density at radius 2 is 1.88 bits per heavy atom. The van der Waals surface area contributed by atoms with Gasteiger partial charge in [0.1, 0.15) is 6.29 Å². The Morgan fingerprint density at radius 3 is 2.44 bits per heavy atom. The number of rotatable bonds is 1. The SMILES string of the molecule is Cc1[c-]cc(C2OCC(C)CO2)cc1C.[Y]. The first-order valence-corrected chi connectivity index (χ1v) is 5.39. The Balaban J connectivity index is 0.00000128. The Kier molecular flexibility index (Phi) is 5.59. The summed E-state index contributed by atoms with van der Waals surface area (Å²) in [6, 6.07) is 7.30. The Hall–Kier alpha value is 0.244. The molecule has 0 spiro atoms. The largest absolute Gasteiger partial charge is 0.359 e. The molecule has 1 aliphatic rings. The van der Waals surface area contributed by atoms with Gasteiger partial charge in [0.05, 0.1) is 13.2 Å². The van der Waals surface area contributed by atoms with Gasteiger partial charge in [-0.15, -0.1) is 5.56 Å². The average Bonchev–Trinajstić information content (AvgIpc) is 2.23. The Labute approximate surface area is 123 Å². The molecule has 1 heterocycles. The van der Waals surface area contributed by atoms with Crippen LogP contribution in [0.4, 0.5) is 0 Å². The van der Waals surface area contributed by atoms with Gasteiger partial charge in [0.15, 0.2) is 0 Å². The Bertz CT molecular complexity index is 344. The molecule has 0 N–H and O–H groups in total. The first-order chi connectivity index (χ1) is 7.16. The number of hydrogen-bond acceptors (Lipinski definition) is 2. The van der Waals surface area contributed by atoms with Crippen molar-refractivity contribution in [3.63, 3.8) is 0 Å². The molecule has 2 rings (SSSR count). The molecule has 0 bridgehead atoms. The van der Waals surface area contributed by atoms with Crippen LogP contribution in [0.2, 0.25) is 0 Å². The van der Waals surface area contributed by atoms with Crippen molar-refractivity contribution in [2.24, 2.45) is 5.92 Å². The minimum atomic E-state index is -0.197. The van der Waals surface area contributed by atoms with Gasteiger partial charge in [-0.3, -0.25) is 0 Å². The van der Waals surface area contributed by atoms with Crippen LogP contribution in [0.1, 0.15) is 29.9 Å². The van der Waals surface area contributed by atoms with Gasteiger partial charge < -0.3 is 9.47 Å². The van der Waals surface area contributed by atoms with Crippen molar-refractivity contribution in [3.8, 4) is 0 Å². The maximum atomic E-state index is 5.63. The third-order valence-electron chi connectivity index (χ3n) is 2.77. The molecule has 2 nitrogen and oxygen atoms in total. The van der Waals surface area contributed by atoms with Crippen LogP contribution in [-0.4, -0.2) is 13.2 Å². The van der Waals surface area contributed by atoms with Crippen LogP contribution in [-0.2, 0) is 42.2 Å². The van der Waals surface area contributed by atoms with Crippen LogP contribution >= 0.6 is 0 Å². The zero-order chi connectivity index (χ0) is 10.8. The molecule has 85 valence electrons. The van der Waals surface area contributed by atoms with Crippen molar-refractivity contribution in [2.45, 2.75) is 27.1 Å². The molecule has 1 saturated heterocycles. The van der Waals surface area contributed by atoms with E-state index in [9.17, 15) is 0 Å². The van der Waals surface area contributed by atoms with E-state index < -0.39 is 0 Å². The van der Waals surface area contributed by atoms with E-state index in [-0.39, 0.29) is 39.0 Å². The number of aryl methyl sites for hydroxylation is 2. The quantitative estimate of drug-likeness (QED) is 0.742. The zero-order valence-electron chi connectivity index (χ0n) is 10.1. The summed E-state index contributed by atoms with van der Waals surface area (Å²) in [4.78, 5) is 0. The van der Waals surface area contributed by atoms with Gasteiger partial charge in [-0.05, 0) is 0 Å². The summed E-state index contributed by atoms with van der Waals surface area (Å²) < 4.78 is 11.3. The molecule has 1 radical (unpaired) electrons. The van der Waals surface area contributed by atoms with Gasteiger partial charge in [0, 0.05) is 38.6 Å². The van der Waals surface area contributed by atoms with Gasteiger partial charge >= 0.3 is 0 Å². The normalized spacial score (nSPS) is 24.9. The first-order valence-electron chi connectivity index (χ1n) is 5.39. The second kappa shape index (κ2) is 6.25. The van der Waals surface area contributed by atoms with Crippen molar-refractivity contribution in [1.29, 1.82) is 0 Å². The maximum Gasteiger partial charge on any atom is 0.138 e. The molecule has 0 aliphatic carbocycles. The van der Waals surface area contributed by atoms with Gasteiger partial charge in [0.2, 0.25) is 0 Å². The molecular formula is C13H17O2Y-.